The predicted molar refractivity (Wildman–Crippen MR) is 95.8 cm³/mol. The molecular weight excluding hydrogens is 362 g/mol. The van der Waals surface area contributed by atoms with E-state index in [-0.39, 0.29) is 11.7 Å². The minimum atomic E-state index is -0.550. The third-order valence-corrected chi connectivity index (χ3v) is 6.35. The van der Waals surface area contributed by atoms with Gasteiger partial charge in [-0.05, 0) is 6.42 Å². The number of carbonyl (C=O) groups excluding carboxylic acids is 1. The van der Waals surface area contributed by atoms with Gasteiger partial charge in [0, 0.05) is 30.7 Å². The van der Waals surface area contributed by atoms with Gasteiger partial charge in [0.1, 0.15) is 22.7 Å². The average Bonchev–Trinajstić information content (AvgIpc) is 3.23. The lowest BCUT2D eigenvalue weighted by molar-refractivity contribution is 0.00448. The second kappa shape index (κ2) is 6.39. The number of ether oxygens (including phenoxy) is 1. The number of aliphatic imine (C=N–C) groups is 1. The molecule has 3 N–H and O–H groups in total. The Bertz CT molecular complexity index is 833. The van der Waals surface area contributed by atoms with Gasteiger partial charge in [-0.1, -0.05) is 11.8 Å². The van der Waals surface area contributed by atoms with E-state index in [0.29, 0.717) is 23.5 Å². The molecule has 25 heavy (non-hydrogen) atoms. The first-order valence-electron chi connectivity index (χ1n) is 7.76. The third kappa shape index (κ3) is 2.92. The Hall–Kier alpha value is -1.98. The Balaban J connectivity index is 1.61. The lowest BCUT2D eigenvalue weighted by Gasteiger charge is -2.41. The van der Waals surface area contributed by atoms with Crippen LogP contribution >= 0.6 is 23.1 Å². The van der Waals surface area contributed by atoms with E-state index >= 15 is 0 Å². The van der Waals surface area contributed by atoms with Crippen LogP contribution < -0.4 is 11.1 Å². The predicted octanol–water partition coefficient (Wildman–Crippen LogP) is 0.817. The summed E-state index contributed by atoms with van der Waals surface area (Å²) >= 11 is 3.03. The number of thioether (sulfide) groups is 1. The van der Waals surface area contributed by atoms with E-state index in [2.05, 4.69) is 20.4 Å². The highest BCUT2D eigenvalue weighted by molar-refractivity contribution is 8.13. The molecule has 11 heteroatoms. The van der Waals surface area contributed by atoms with Crippen molar-refractivity contribution in [3.63, 3.8) is 0 Å². The number of nitrogens with zero attached hydrogens (tertiary/aromatic N) is 5. The van der Waals surface area contributed by atoms with Crippen molar-refractivity contribution in [3.05, 3.63) is 22.5 Å². The Kier molecular flexibility index (Phi) is 4.21. The zero-order valence-electron chi connectivity index (χ0n) is 13.5. The fourth-order valence-corrected chi connectivity index (χ4v) is 5.06. The molecule has 2 aliphatic heterocycles. The van der Waals surface area contributed by atoms with Gasteiger partial charge in [0.25, 0.3) is 5.91 Å². The summed E-state index contributed by atoms with van der Waals surface area (Å²) in [5, 5.41) is 9.83. The summed E-state index contributed by atoms with van der Waals surface area (Å²) in [5.41, 5.74) is 5.43. The average molecular weight is 379 g/mol. The van der Waals surface area contributed by atoms with Gasteiger partial charge in [-0.25, -0.2) is 19.6 Å². The summed E-state index contributed by atoms with van der Waals surface area (Å²) < 4.78 is 7.11. The van der Waals surface area contributed by atoms with Crippen LogP contribution in [0.25, 0.3) is 0 Å². The Labute approximate surface area is 152 Å². The van der Waals surface area contributed by atoms with Crippen LogP contribution in [0, 0.1) is 5.92 Å². The first-order valence-corrected chi connectivity index (χ1v) is 9.62. The van der Waals surface area contributed by atoms with Crippen molar-refractivity contribution in [2.75, 3.05) is 24.3 Å². The molecule has 9 nitrogen and oxygen atoms in total. The number of amides is 1. The molecule has 0 spiro atoms. The standard InChI is InChI=1S/C14H17N7O2S2/c1-21-10(16-7-17-21)11(22)18-9-5-24-12(19-9)14-6-23-3-2-8(14)4-25-13(15)20-14/h5,7-8H,2-4,6H2,1H3,(H2,15,20)(H,18,22). The monoisotopic (exact) mass is 379 g/mol. The molecule has 0 aromatic carbocycles. The number of anilines is 1. The molecule has 4 rings (SSSR count). The van der Waals surface area contributed by atoms with E-state index in [0.717, 1.165) is 23.8 Å². The number of aryl methyl sites for hydroxylation is 1. The second-order valence-electron chi connectivity index (χ2n) is 5.92. The van der Waals surface area contributed by atoms with E-state index < -0.39 is 5.54 Å². The Morgan fingerprint density at radius 2 is 2.44 bits per heavy atom. The number of aromatic nitrogens is 4. The zero-order chi connectivity index (χ0) is 17.4. The fraction of sp³-hybridized carbons (Fsp3) is 0.500. The molecule has 2 unspecified atom stereocenters. The van der Waals surface area contributed by atoms with Crippen LogP contribution in [0.5, 0.6) is 0 Å². The number of nitrogens with one attached hydrogen (secondary N) is 1. The third-order valence-electron chi connectivity index (χ3n) is 4.38. The van der Waals surface area contributed by atoms with Crippen LogP contribution in [0.2, 0.25) is 0 Å². The highest BCUT2D eigenvalue weighted by Crippen LogP contribution is 2.45. The van der Waals surface area contributed by atoms with Gasteiger partial charge in [0.15, 0.2) is 5.17 Å². The fourth-order valence-electron chi connectivity index (χ4n) is 3.06. The number of amidine groups is 1. The smallest absolute Gasteiger partial charge is 0.294 e. The van der Waals surface area contributed by atoms with E-state index in [9.17, 15) is 4.79 Å². The Morgan fingerprint density at radius 3 is 3.24 bits per heavy atom. The molecule has 4 heterocycles. The topological polar surface area (TPSA) is 120 Å². The number of fused-ring (bicyclic) bond motifs is 1. The van der Waals surface area contributed by atoms with Crippen molar-refractivity contribution in [1.82, 2.24) is 19.7 Å². The van der Waals surface area contributed by atoms with Gasteiger partial charge >= 0.3 is 0 Å². The highest BCUT2D eigenvalue weighted by atomic mass is 32.2. The summed E-state index contributed by atoms with van der Waals surface area (Å²) in [7, 11) is 1.66. The maximum atomic E-state index is 12.3. The summed E-state index contributed by atoms with van der Waals surface area (Å²) in [4.78, 5) is 25.5. The van der Waals surface area contributed by atoms with Crippen molar-refractivity contribution in [1.29, 1.82) is 0 Å². The van der Waals surface area contributed by atoms with Gasteiger partial charge in [0.05, 0.1) is 6.61 Å². The quantitative estimate of drug-likeness (QED) is 0.810. The summed E-state index contributed by atoms with van der Waals surface area (Å²) in [6.07, 6.45) is 2.26. The molecule has 0 bridgehead atoms. The van der Waals surface area contributed by atoms with Crippen LogP contribution in [-0.4, -0.2) is 49.8 Å². The van der Waals surface area contributed by atoms with Gasteiger partial charge in [0.2, 0.25) is 5.82 Å². The zero-order valence-corrected chi connectivity index (χ0v) is 15.1. The van der Waals surface area contributed by atoms with Crippen molar-refractivity contribution in [2.45, 2.75) is 12.0 Å². The van der Waals surface area contributed by atoms with Gasteiger partial charge < -0.3 is 15.8 Å². The SMILES string of the molecule is Cn1ncnc1C(=O)Nc1csc(C23COCCC2CSC(N)=N3)n1. The second-order valence-corrected chi connectivity index (χ2v) is 7.82. The number of carbonyl (C=O) groups is 1. The maximum absolute atomic E-state index is 12.3. The number of hydrogen-bond donors (Lipinski definition) is 2. The van der Waals surface area contributed by atoms with Crippen molar-refractivity contribution >= 4 is 40.0 Å². The molecule has 132 valence electrons. The summed E-state index contributed by atoms with van der Waals surface area (Å²) in [6.45, 7) is 1.19. The number of nitrogens with two attached hydrogens (primary N) is 1. The van der Waals surface area contributed by atoms with Crippen molar-refractivity contribution < 1.29 is 9.53 Å². The minimum Gasteiger partial charge on any atom is -0.379 e. The maximum Gasteiger partial charge on any atom is 0.294 e. The first kappa shape index (κ1) is 16.5. The van der Waals surface area contributed by atoms with Crippen molar-refractivity contribution in [2.24, 2.45) is 23.7 Å². The summed E-state index contributed by atoms with van der Waals surface area (Å²) in [6, 6.07) is 0. The van der Waals surface area contributed by atoms with Crippen molar-refractivity contribution in [3.8, 4) is 0 Å². The molecule has 1 amide bonds. The van der Waals surface area contributed by atoms with Crippen LogP contribution in [0.3, 0.4) is 0 Å². The molecule has 0 radical (unpaired) electrons. The number of thiazole rings is 1. The number of rotatable bonds is 3. The summed E-state index contributed by atoms with van der Waals surface area (Å²) in [5.74, 6) is 1.57. The van der Waals surface area contributed by atoms with Crippen LogP contribution in [0.15, 0.2) is 16.7 Å². The molecule has 2 aliphatic rings. The van der Waals surface area contributed by atoms with Gasteiger partial charge in [-0.15, -0.1) is 11.3 Å². The van der Waals surface area contributed by atoms with Crippen LogP contribution in [0.4, 0.5) is 5.82 Å². The Morgan fingerprint density at radius 1 is 1.56 bits per heavy atom. The molecule has 2 aromatic rings. The van der Waals surface area contributed by atoms with Crippen LogP contribution in [0.1, 0.15) is 22.0 Å². The lowest BCUT2D eigenvalue weighted by atomic mass is 9.82. The van der Waals surface area contributed by atoms with Gasteiger partial charge in [-0.3, -0.25) is 4.79 Å². The largest absolute Gasteiger partial charge is 0.379 e. The molecule has 2 aromatic heterocycles. The van der Waals surface area contributed by atoms with E-state index in [1.807, 2.05) is 0 Å². The minimum absolute atomic E-state index is 0.225. The number of hydrogen-bond acceptors (Lipinski definition) is 9. The first-order chi connectivity index (χ1) is 12.1. The molecule has 2 atom stereocenters. The molecular formula is C14H17N7O2S2. The lowest BCUT2D eigenvalue weighted by Crippen LogP contribution is -2.47. The molecule has 0 saturated carbocycles. The molecule has 1 saturated heterocycles. The van der Waals surface area contributed by atoms with E-state index in [4.69, 9.17) is 15.5 Å². The van der Waals surface area contributed by atoms with E-state index in [1.165, 1.54) is 22.3 Å². The van der Waals surface area contributed by atoms with Gasteiger partial charge in [-0.2, -0.15) is 5.10 Å². The molecule has 0 aliphatic carbocycles. The normalized spacial score (nSPS) is 26.0. The highest BCUT2D eigenvalue weighted by Gasteiger charge is 2.47. The van der Waals surface area contributed by atoms with E-state index in [1.54, 1.807) is 24.2 Å². The van der Waals surface area contributed by atoms with Crippen LogP contribution in [-0.2, 0) is 17.3 Å². The molecule has 1 fully saturated rings.